The molecule has 0 saturated heterocycles. The number of hydrogen-bond acceptors (Lipinski definition) is 4. The predicted octanol–water partition coefficient (Wildman–Crippen LogP) is 2.73. The summed E-state index contributed by atoms with van der Waals surface area (Å²) in [6.45, 7) is -0.864. The monoisotopic (exact) mass is 369 g/mol. The van der Waals surface area contributed by atoms with Gasteiger partial charge in [0, 0.05) is 5.56 Å². The fourth-order valence-corrected chi connectivity index (χ4v) is 4.00. The highest BCUT2D eigenvalue weighted by Crippen LogP contribution is 2.31. The number of alkyl halides is 3. The van der Waals surface area contributed by atoms with Crippen molar-refractivity contribution in [2.75, 3.05) is 6.54 Å². The minimum Gasteiger partial charge on any atom is -0.292 e. The summed E-state index contributed by atoms with van der Waals surface area (Å²) in [6, 6.07) is 9.06. The highest BCUT2D eigenvalue weighted by Gasteiger charge is 2.42. The number of carbonyl (C=O) groups is 2. The van der Waals surface area contributed by atoms with Crippen molar-refractivity contribution in [3.63, 3.8) is 0 Å². The number of nitrogens with zero attached hydrogens (tertiary/aromatic N) is 1. The summed E-state index contributed by atoms with van der Waals surface area (Å²) in [5.41, 5.74) is -1.43. The van der Waals surface area contributed by atoms with Gasteiger partial charge >= 0.3 is 6.18 Å². The van der Waals surface area contributed by atoms with E-state index in [1.165, 1.54) is 24.3 Å². The van der Waals surface area contributed by atoms with Crippen LogP contribution < -0.4 is 0 Å². The molecule has 0 spiro atoms. The molecule has 9 heteroatoms. The van der Waals surface area contributed by atoms with Crippen LogP contribution in [0, 0.1) is 0 Å². The first-order valence-corrected chi connectivity index (χ1v) is 8.43. The van der Waals surface area contributed by atoms with Crippen molar-refractivity contribution in [2.45, 2.75) is 11.1 Å². The van der Waals surface area contributed by atoms with Gasteiger partial charge in [0.1, 0.15) is 11.4 Å². The molecule has 130 valence electrons. The Morgan fingerprint density at radius 1 is 1.04 bits per heavy atom. The average Bonchev–Trinajstić information content (AvgIpc) is 2.75. The number of hydrogen-bond donors (Lipinski definition) is 0. The van der Waals surface area contributed by atoms with E-state index in [1.807, 2.05) is 0 Å². The lowest BCUT2D eigenvalue weighted by molar-refractivity contribution is -0.137. The normalized spacial score (nSPS) is 16.0. The molecule has 1 aliphatic heterocycles. The minimum atomic E-state index is -4.64. The molecule has 2 aromatic rings. The number of fused-ring (bicyclic) bond motifs is 1. The van der Waals surface area contributed by atoms with Crippen LogP contribution in [-0.2, 0) is 16.2 Å². The van der Waals surface area contributed by atoms with Crippen LogP contribution in [0.3, 0.4) is 0 Å². The smallest absolute Gasteiger partial charge is 0.292 e. The van der Waals surface area contributed by atoms with Crippen molar-refractivity contribution in [3.05, 3.63) is 65.2 Å². The zero-order valence-electron chi connectivity index (χ0n) is 12.4. The van der Waals surface area contributed by atoms with Gasteiger partial charge < -0.3 is 0 Å². The molecule has 2 aromatic carbocycles. The summed E-state index contributed by atoms with van der Waals surface area (Å²) >= 11 is 0. The Hall–Kier alpha value is -2.68. The Bertz CT molecular complexity index is 983. The molecule has 1 amide bonds. The fraction of sp³-hybridized carbons (Fsp3) is 0.125. The average molecular weight is 369 g/mol. The molecule has 0 atom stereocenters. The molecule has 0 radical (unpaired) electrons. The number of rotatable bonds is 3. The molecule has 0 unspecified atom stereocenters. The van der Waals surface area contributed by atoms with Gasteiger partial charge in [0.2, 0.25) is 0 Å². The van der Waals surface area contributed by atoms with Gasteiger partial charge in [0.25, 0.3) is 15.9 Å². The lowest BCUT2D eigenvalue weighted by Gasteiger charge is -2.14. The number of benzene rings is 2. The van der Waals surface area contributed by atoms with Crippen molar-refractivity contribution in [1.82, 2.24) is 4.31 Å². The van der Waals surface area contributed by atoms with Crippen molar-refractivity contribution < 1.29 is 31.2 Å². The number of amides is 1. The Labute approximate surface area is 140 Å². The second-order valence-corrected chi connectivity index (χ2v) is 7.15. The van der Waals surface area contributed by atoms with E-state index < -0.39 is 40.0 Å². The Balaban J connectivity index is 1.92. The van der Waals surface area contributed by atoms with Crippen molar-refractivity contribution >= 4 is 21.7 Å². The van der Waals surface area contributed by atoms with Gasteiger partial charge in [-0.2, -0.15) is 13.2 Å². The second kappa shape index (κ2) is 5.69. The third-order valence-corrected chi connectivity index (χ3v) is 5.50. The van der Waals surface area contributed by atoms with E-state index in [1.54, 1.807) is 0 Å². The molecule has 0 fully saturated rings. The first-order valence-electron chi connectivity index (χ1n) is 6.99. The summed E-state index contributed by atoms with van der Waals surface area (Å²) in [4.78, 5) is 24.2. The largest absolute Gasteiger partial charge is 0.416 e. The maximum absolute atomic E-state index is 12.7. The highest BCUT2D eigenvalue weighted by molar-refractivity contribution is 7.90. The lowest BCUT2D eigenvalue weighted by atomic mass is 10.1. The third-order valence-electron chi connectivity index (χ3n) is 3.71. The summed E-state index contributed by atoms with van der Waals surface area (Å²) in [5, 5.41) is 0. The number of carbonyl (C=O) groups excluding carboxylic acids is 2. The van der Waals surface area contributed by atoms with Gasteiger partial charge in [-0.05, 0) is 24.3 Å². The molecule has 0 aromatic heterocycles. The Kier molecular flexibility index (Phi) is 3.91. The number of ketones is 1. The number of halogens is 3. The van der Waals surface area contributed by atoms with Crippen LogP contribution in [0.15, 0.2) is 53.4 Å². The van der Waals surface area contributed by atoms with Crippen LogP contribution in [0.1, 0.15) is 26.3 Å². The summed E-state index contributed by atoms with van der Waals surface area (Å²) in [5.74, 6) is -1.79. The summed E-state index contributed by atoms with van der Waals surface area (Å²) in [7, 11) is -4.20. The van der Waals surface area contributed by atoms with E-state index in [-0.39, 0.29) is 16.0 Å². The first-order chi connectivity index (χ1) is 11.6. The lowest BCUT2D eigenvalue weighted by Crippen LogP contribution is -2.35. The molecule has 0 saturated carbocycles. The van der Waals surface area contributed by atoms with Crippen LogP contribution in [-0.4, -0.2) is 31.0 Å². The number of sulfonamides is 1. The molecule has 1 heterocycles. The summed E-state index contributed by atoms with van der Waals surface area (Å²) < 4.78 is 63.3. The molecule has 25 heavy (non-hydrogen) atoms. The Morgan fingerprint density at radius 3 is 2.36 bits per heavy atom. The molecule has 0 bridgehead atoms. The van der Waals surface area contributed by atoms with Crippen LogP contribution in [0.5, 0.6) is 0 Å². The van der Waals surface area contributed by atoms with Gasteiger partial charge in [0.05, 0.1) is 11.1 Å². The molecular weight excluding hydrogens is 359 g/mol. The van der Waals surface area contributed by atoms with Gasteiger partial charge in [-0.15, -0.1) is 0 Å². The topological polar surface area (TPSA) is 71.5 Å². The van der Waals surface area contributed by atoms with Crippen LogP contribution in [0.25, 0.3) is 0 Å². The van der Waals surface area contributed by atoms with Crippen molar-refractivity contribution in [1.29, 1.82) is 0 Å². The van der Waals surface area contributed by atoms with Gasteiger partial charge in [-0.3, -0.25) is 9.59 Å². The van der Waals surface area contributed by atoms with Crippen LogP contribution in [0.2, 0.25) is 0 Å². The van der Waals surface area contributed by atoms with Crippen LogP contribution >= 0.6 is 0 Å². The summed E-state index contributed by atoms with van der Waals surface area (Å²) in [6.07, 6.45) is -4.64. The zero-order chi connectivity index (χ0) is 18.4. The quantitative estimate of drug-likeness (QED) is 0.780. The van der Waals surface area contributed by atoms with E-state index in [4.69, 9.17) is 0 Å². The molecule has 0 aliphatic carbocycles. The number of Topliss-reactive ketones (excluding diaryl/α,β-unsaturated/α-hetero) is 1. The fourth-order valence-electron chi connectivity index (χ4n) is 2.48. The minimum absolute atomic E-state index is 0.0701. The van der Waals surface area contributed by atoms with E-state index in [0.717, 1.165) is 18.2 Å². The van der Waals surface area contributed by atoms with E-state index in [9.17, 15) is 31.2 Å². The third kappa shape index (κ3) is 2.91. The van der Waals surface area contributed by atoms with Crippen LogP contribution in [0.4, 0.5) is 13.2 Å². The maximum Gasteiger partial charge on any atom is 0.416 e. The first kappa shape index (κ1) is 17.2. The molecular formula is C16H10F3NO4S. The molecule has 3 rings (SSSR count). The van der Waals surface area contributed by atoms with Gasteiger partial charge in [0.15, 0.2) is 5.78 Å². The van der Waals surface area contributed by atoms with E-state index in [2.05, 4.69) is 0 Å². The Morgan fingerprint density at radius 2 is 1.72 bits per heavy atom. The van der Waals surface area contributed by atoms with Crippen molar-refractivity contribution in [2.24, 2.45) is 0 Å². The molecule has 1 aliphatic rings. The van der Waals surface area contributed by atoms with Gasteiger partial charge in [-0.25, -0.2) is 12.7 Å². The highest BCUT2D eigenvalue weighted by atomic mass is 32.2. The standard InChI is InChI=1S/C16H10F3NO4S/c17-16(18,19)11-5-3-4-10(8-11)13(21)9-20-15(22)12-6-1-2-7-14(12)25(20,23)24/h1-8H,9H2. The SMILES string of the molecule is O=C(CN1C(=O)c2ccccc2S1(=O)=O)c1cccc(C(F)(F)F)c1. The molecule has 0 N–H and O–H groups in total. The maximum atomic E-state index is 12.7. The zero-order valence-corrected chi connectivity index (χ0v) is 13.3. The van der Waals surface area contributed by atoms with E-state index in [0.29, 0.717) is 10.4 Å². The molecule has 5 nitrogen and oxygen atoms in total. The van der Waals surface area contributed by atoms with Crippen molar-refractivity contribution in [3.8, 4) is 0 Å². The van der Waals surface area contributed by atoms with E-state index >= 15 is 0 Å². The second-order valence-electron chi connectivity index (χ2n) is 5.31. The predicted molar refractivity (Wildman–Crippen MR) is 80.4 cm³/mol. The van der Waals surface area contributed by atoms with Gasteiger partial charge in [-0.1, -0.05) is 24.3 Å².